The number of alkyl halides is 1. The summed E-state index contributed by atoms with van der Waals surface area (Å²) in [5, 5.41) is 2.66. The Morgan fingerprint density at radius 2 is 1.88 bits per heavy atom. The molecule has 0 fully saturated rings. The first kappa shape index (κ1) is 13.9. The molecule has 0 spiro atoms. The molecule has 5 heteroatoms. The lowest BCUT2D eigenvalue weighted by Crippen LogP contribution is -2.25. The van der Waals surface area contributed by atoms with Crippen LogP contribution in [0.2, 0.25) is 0 Å². The number of hydrogen-bond donors (Lipinski definition) is 1. The van der Waals surface area contributed by atoms with Crippen LogP contribution in [0.25, 0.3) is 0 Å². The molecule has 1 rings (SSSR count). The van der Waals surface area contributed by atoms with Gasteiger partial charge >= 0.3 is 0 Å². The lowest BCUT2D eigenvalue weighted by atomic mass is 10.1. The Kier molecular flexibility index (Phi) is 5.91. The monoisotopic (exact) mass is 261 g/mol. The Hall–Kier alpha value is -1.16. The molecule has 0 aromatic heterocycles. The van der Waals surface area contributed by atoms with Crippen molar-refractivity contribution in [3.05, 3.63) is 35.4 Å². The molecule has 2 nitrogen and oxygen atoms in total. The largest absolute Gasteiger partial charge is 0.356 e. The van der Waals surface area contributed by atoms with E-state index in [2.05, 4.69) is 5.32 Å². The van der Waals surface area contributed by atoms with E-state index in [-0.39, 0.29) is 5.91 Å². The van der Waals surface area contributed by atoms with Gasteiger partial charge in [-0.25, -0.2) is 8.78 Å². The SMILES string of the molecule is O=C(CCCCl)NCCc1cc(F)cc(F)c1. The van der Waals surface area contributed by atoms with Crippen LogP contribution in [0.5, 0.6) is 0 Å². The first-order chi connectivity index (χ1) is 8.11. The topological polar surface area (TPSA) is 29.1 Å². The summed E-state index contributed by atoms with van der Waals surface area (Å²) in [6.45, 7) is 0.365. The van der Waals surface area contributed by atoms with E-state index in [1.807, 2.05) is 0 Å². The first-order valence-corrected chi connectivity index (χ1v) is 5.93. The normalized spacial score (nSPS) is 10.3. The number of carbonyl (C=O) groups is 1. The highest BCUT2D eigenvalue weighted by molar-refractivity contribution is 6.17. The number of carbonyl (C=O) groups excluding carboxylic acids is 1. The van der Waals surface area contributed by atoms with Crippen molar-refractivity contribution in [2.75, 3.05) is 12.4 Å². The van der Waals surface area contributed by atoms with Gasteiger partial charge < -0.3 is 5.32 Å². The van der Waals surface area contributed by atoms with Crippen LogP contribution < -0.4 is 5.32 Å². The molecule has 0 radical (unpaired) electrons. The molecule has 17 heavy (non-hydrogen) atoms. The average Bonchev–Trinajstić information content (AvgIpc) is 2.25. The second-order valence-electron chi connectivity index (χ2n) is 3.67. The summed E-state index contributed by atoms with van der Waals surface area (Å²) in [5.74, 6) is -0.854. The number of halogens is 3. The van der Waals surface area contributed by atoms with Crippen LogP contribution in [0.1, 0.15) is 18.4 Å². The second kappa shape index (κ2) is 7.22. The molecule has 1 N–H and O–H groups in total. The maximum Gasteiger partial charge on any atom is 0.220 e. The fraction of sp³-hybridized carbons (Fsp3) is 0.417. The smallest absolute Gasteiger partial charge is 0.220 e. The number of nitrogens with one attached hydrogen (secondary N) is 1. The van der Waals surface area contributed by atoms with Gasteiger partial charge in [0.25, 0.3) is 0 Å². The molecule has 0 heterocycles. The third-order valence-corrected chi connectivity index (χ3v) is 2.46. The van der Waals surface area contributed by atoms with Gasteiger partial charge in [-0.1, -0.05) is 0 Å². The van der Waals surface area contributed by atoms with Crippen molar-refractivity contribution in [3.63, 3.8) is 0 Å². The zero-order chi connectivity index (χ0) is 12.7. The van der Waals surface area contributed by atoms with E-state index >= 15 is 0 Å². The van der Waals surface area contributed by atoms with Crippen LogP contribution in [-0.2, 0) is 11.2 Å². The van der Waals surface area contributed by atoms with Crippen molar-refractivity contribution in [2.45, 2.75) is 19.3 Å². The minimum Gasteiger partial charge on any atom is -0.356 e. The fourth-order valence-electron chi connectivity index (χ4n) is 1.42. The van der Waals surface area contributed by atoms with Crippen LogP contribution in [0.4, 0.5) is 8.78 Å². The minimum atomic E-state index is -0.603. The molecule has 0 aliphatic rings. The van der Waals surface area contributed by atoms with Crippen molar-refractivity contribution in [3.8, 4) is 0 Å². The minimum absolute atomic E-state index is 0.0949. The summed E-state index contributed by atoms with van der Waals surface area (Å²) in [7, 11) is 0. The van der Waals surface area contributed by atoms with Crippen molar-refractivity contribution in [1.82, 2.24) is 5.32 Å². The van der Waals surface area contributed by atoms with E-state index in [1.165, 1.54) is 12.1 Å². The number of amides is 1. The predicted molar refractivity (Wildman–Crippen MR) is 63.0 cm³/mol. The van der Waals surface area contributed by atoms with Crippen LogP contribution in [0, 0.1) is 11.6 Å². The van der Waals surface area contributed by atoms with Gasteiger partial charge in [-0.3, -0.25) is 4.79 Å². The molecule has 0 aliphatic heterocycles. The molecule has 0 atom stereocenters. The highest BCUT2D eigenvalue weighted by Gasteiger charge is 2.02. The molecule has 94 valence electrons. The van der Waals surface area contributed by atoms with E-state index in [1.54, 1.807) is 0 Å². The van der Waals surface area contributed by atoms with Crippen LogP contribution >= 0.6 is 11.6 Å². The molecule has 0 saturated heterocycles. The summed E-state index contributed by atoms with van der Waals surface area (Å²) in [4.78, 5) is 11.2. The molecule has 0 unspecified atom stereocenters. The lowest BCUT2D eigenvalue weighted by Gasteiger charge is -2.05. The Balaban J connectivity index is 2.33. The first-order valence-electron chi connectivity index (χ1n) is 5.39. The van der Waals surface area contributed by atoms with Gasteiger partial charge in [-0.15, -0.1) is 11.6 Å². The molecule has 1 aromatic rings. The molecule has 1 amide bonds. The zero-order valence-corrected chi connectivity index (χ0v) is 10.1. The van der Waals surface area contributed by atoms with Gasteiger partial charge in [-0.2, -0.15) is 0 Å². The molecule has 0 saturated carbocycles. The quantitative estimate of drug-likeness (QED) is 0.784. The van der Waals surface area contributed by atoms with Crippen molar-refractivity contribution in [2.24, 2.45) is 0 Å². The van der Waals surface area contributed by atoms with Gasteiger partial charge in [0, 0.05) is 24.9 Å². The summed E-state index contributed by atoms with van der Waals surface area (Å²) < 4.78 is 25.7. The fourth-order valence-corrected chi connectivity index (χ4v) is 1.55. The standard InChI is InChI=1S/C12H14ClF2NO/c13-4-1-2-12(17)16-5-3-9-6-10(14)8-11(15)7-9/h6-8H,1-5H2,(H,16,17). The van der Waals surface area contributed by atoms with Crippen LogP contribution in [-0.4, -0.2) is 18.3 Å². The Bertz CT molecular complexity index is 365. The third-order valence-electron chi connectivity index (χ3n) is 2.20. The van der Waals surface area contributed by atoms with E-state index < -0.39 is 11.6 Å². The lowest BCUT2D eigenvalue weighted by molar-refractivity contribution is -0.121. The average molecular weight is 262 g/mol. The Labute approximate surface area is 104 Å². The van der Waals surface area contributed by atoms with Crippen LogP contribution in [0.15, 0.2) is 18.2 Å². The van der Waals surface area contributed by atoms with Crippen LogP contribution in [0.3, 0.4) is 0 Å². The van der Waals surface area contributed by atoms with Gasteiger partial charge in [0.1, 0.15) is 11.6 Å². The van der Waals surface area contributed by atoms with Crippen molar-refractivity contribution < 1.29 is 13.6 Å². The summed E-state index contributed by atoms with van der Waals surface area (Å²) in [5.41, 5.74) is 0.528. The van der Waals surface area contributed by atoms with E-state index in [0.717, 1.165) is 6.07 Å². The van der Waals surface area contributed by atoms with Crippen molar-refractivity contribution in [1.29, 1.82) is 0 Å². The van der Waals surface area contributed by atoms with E-state index in [0.29, 0.717) is 37.3 Å². The highest BCUT2D eigenvalue weighted by atomic mass is 35.5. The third kappa shape index (κ3) is 5.63. The molecular weight excluding hydrogens is 248 g/mol. The Morgan fingerprint density at radius 1 is 1.24 bits per heavy atom. The van der Waals surface area contributed by atoms with Gasteiger partial charge in [-0.05, 0) is 30.5 Å². The molecule has 1 aromatic carbocycles. The maximum atomic E-state index is 12.8. The summed E-state index contributed by atoms with van der Waals surface area (Å²) >= 11 is 5.45. The van der Waals surface area contributed by atoms with E-state index in [9.17, 15) is 13.6 Å². The number of rotatable bonds is 6. The Morgan fingerprint density at radius 3 is 2.47 bits per heavy atom. The molecule has 0 aliphatic carbocycles. The molecular formula is C12H14ClF2NO. The van der Waals surface area contributed by atoms with Gasteiger partial charge in [0.05, 0.1) is 0 Å². The van der Waals surface area contributed by atoms with Gasteiger partial charge in [0.15, 0.2) is 0 Å². The number of benzene rings is 1. The second-order valence-corrected chi connectivity index (χ2v) is 4.05. The predicted octanol–water partition coefficient (Wildman–Crippen LogP) is 2.64. The van der Waals surface area contributed by atoms with Gasteiger partial charge in [0.2, 0.25) is 5.91 Å². The summed E-state index contributed by atoms with van der Waals surface area (Å²) in [6, 6.07) is 3.34. The van der Waals surface area contributed by atoms with Crippen molar-refractivity contribution >= 4 is 17.5 Å². The maximum absolute atomic E-state index is 12.8. The number of hydrogen-bond acceptors (Lipinski definition) is 1. The van der Waals surface area contributed by atoms with E-state index in [4.69, 9.17) is 11.6 Å². The molecule has 0 bridgehead atoms. The zero-order valence-electron chi connectivity index (χ0n) is 9.31. The highest BCUT2D eigenvalue weighted by Crippen LogP contribution is 2.08. The summed E-state index contributed by atoms with van der Waals surface area (Å²) in [6.07, 6.45) is 1.41.